The van der Waals surface area contributed by atoms with Gasteiger partial charge in [0.2, 0.25) is 0 Å². The van der Waals surface area contributed by atoms with Crippen LogP contribution in [-0.2, 0) is 11.3 Å². The standard InChI is InChI=1S/C19H16F3NO4.CH4O/c1-11-16-9-13(27-19(20,21)22)4-5-17(16)23(18(11)24)10-12-6-14(25-2)8-15(7-12)26-3;1-2/h4-9H,1,10H2,2-3H3;2H,1H3. The average molecular weight is 411 g/mol. The monoisotopic (exact) mass is 411 g/mol. The summed E-state index contributed by atoms with van der Waals surface area (Å²) < 4.78 is 51.6. The van der Waals surface area contributed by atoms with Crippen molar-refractivity contribution < 1.29 is 37.3 Å². The number of aliphatic hydroxyl groups excluding tert-OH is 1. The predicted molar refractivity (Wildman–Crippen MR) is 101 cm³/mol. The highest BCUT2D eigenvalue weighted by Gasteiger charge is 2.34. The van der Waals surface area contributed by atoms with Gasteiger partial charge in [0.15, 0.2) is 0 Å². The first-order valence-electron chi connectivity index (χ1n) is 8.29. The molecule has 2 aromatic carbocycles. The number of carbonyl (C=O) groups is 1. The largest absolute Gasteiger partial charge is 0.573 e. The summed E-state index contributed by atoms with van der Waals surface area (Å²) in [4.78, 5) is 14.0. The Labute approximate surface area is 165 Å². The molecule has 156 valence electrons. The lowest BCUT2D eigenvalue weighted by Gasteiger charge is -2.18. The number of benzene rings is 2. The molecule has 0 fully saturated rings. The molecule has 0 saturated heterocycles. The van der Waals surface area contributed by atoms with Gasteiger partial charge in [-0.05, 0) is 35.9 Å². The van der Waals surface area contributed by atoms with E-state index in [0.29, 0.717) is 22.7 Å². The molecule has 0 spiro atoms. The fourth-order valence-electron chi connectivity index (χ4n) is 2.87. The van der Waals surface area contributed by atoms with Crippen molar-refractivity contribution in [3.63, 3.8) is 0 Å². The van der Waals surface area contributed by atoms with E-state index in [4.69, 9.17) is 14.6 Å². The van der Waals surface area contributed by atoms with E-state index in [0.717, 1.165) is 24.8 Å². The Bertz CT molecular complexity index is 889. The lowest BCUT2D eigenvalue weighted by Crippen LogP contribution is -2.25. The summed E-state index contributed by atoms with van der Waals surface area (Å²) in [5.74, 6) is 0.323. The molecule has 1 N–H and O–H groups in total. The Morgan fingerprint density at radius 1 is 1.00 bits per heavy atom. The molecule has 1 aliphatic rings. The summed E-state index contributed by atoms with van der Waals surface area (Å²) >= 11 is 0. The highest BCUT2D eigenvalue weighted by molar-refractivity contribution is 6.32. The molecule has 0 radical (unpaired) electrons. The Morgan fingerprint density at radius 3 is 2.10 bits per heavy atom. The third-order valence-corrected chi connectivity index (χ3v) is 4.07. The van der Waals surface area contributed by atoms with Crippen LogP contribution in [0.1, 0.15) is 11.1 Å². The summed E-state index contributed by atoms with van der Waals surface area (Å²) in [6, 6.07) is 8.93. The van der Waals surface area contributed by atoms with Crippen molar-refractivity contribution in [1.29, 1.82) is 0 Å². The van der Waals surface area contributed by atoms with Crippen molar-refractivity contribution >= 4 is 17.2 Å². The Balaban J connectivity index is 0.00000145. The molecule has 2 aromatic rings. The maximum absolute atomic E-state index is 12.6. The SMILES string of the molecule is C=C1C(=O)N(Cc2cc(OC)cc(OC)c2)c2ccc(OC(F)(F)F)cc21.CO. The number of anilines is 1. The lowest BCUT2D eigenvalue weighted by molar-refractivity contribution is -0.274. The molecule has 0 unspecified atom stereocenters. The predicted octanol–water partition coefficient (Wildman–Crippen LogP) is 3.77. The van der Waals surface area contributed by atoms with E-state index < -0.39 is 18.0 Å². The second kappa shape index (κ2) is 8.87. The minimum atomic E-state index is -4.81. The zero-order valence-electron chi connectivity index (χ0n) is 16.0. The second-order valence-corrected chi connectivity index (χ2v) is 5.82. The molecule has 0 bridgehead atoms. The van der Waals surface area contributed by atoms with E-state index in [9.17, 15) is 18.0 Å². The van der Waals surface area contributed by atoms with Gasteiger partial charge in [0, 0.05) is 24.3 Å². The lowest BCUT2D eigenvalue weighted by atomic mass is 10.1. The molecular formula is C20H20F3NO5. The van der Waals surface area contributed by atoms with Crippen LogP contribution < -0.4 is 19.1 Å². The number of nitrogens with zero attached hydrogens (tertiary/aromatic N) is 1. The first-order valence-corrected chi connectivity index (χ1v) is 8.29. The fourth-order valence-corrected chi connectivity index (χ4v) is 2.87. The van der Waals surface area contributed by atoms with Crippen LogP contribution in [-0.4, -0.2) is 38.7 Å². The molecule has 0 saturated carbocycles. The first-order chi connectivity index (χ1) is 13.7. The van der Waals surface area contributed by atoms with Crippen molar-refractivity contribution in [3.05, 3.63) is 54.1 Å². The van der Waals surface area contributed by atoms with Gasteiger partial charge in [0.1, 0.15) is 17.2 Å². The van der Waals surface area contributed by atoms with Crippen LogP contribution in [0.4, 0.5) is 18.9 Å². The number of ether oxygens (including phenoxy) is 3. The summed E-state index contributed by atoms with van der Waals surface area (Å²) in [5.41, 5.74) is 1.60. The highest BCUT2D eigenvalue weighted by Crippen LogP contribution is 2.40. The number of hydrogen-bond donors (Lipinski definition) is 1. The fraction of sp³-hybridized carbons (Fsp3) is 0.250. The van der Waals surface area contributed by atoms with Gasteiger partial charge >= 0.3 is 6.36 Å². The van der Waals surface area contributed by atoms with Crippen LogP contribution in [0.5, 0.6) is 17.2 Å². The number of fused-ring (bicyclic) bond motifs is 1. The Kier molecular flexibility index (Phi) is 6.76. The molecule has 9 heteroatoms. The third kappa shape index (κ3) is 5.00. The van der Waals surface area contributed by atoms with Crippen LogP contribution in [0.3, 0.4) is 0 Å². The summed E-state index contributed by atoms with van der Waals surface area (Å²) in [6.07, 6.45) is -4.81. The van der Waals surface area contributed by atoms with Gasteiger partial charge in [0.05, 0.1) is 26.5 Å². The van der Waals surface area contributed by atoms with Crippen LogP contribution in [0.15, 0.2) is 43.0 Å². The number of methoxy groups -OCH3 is 2. The van der Waals surface area contributed by atoms with E-state index >= 15 is 0 Å². The van der Waals surface area contributed by atoms with Crippen LogP contribution in [0, 0.1) is 0 Å². The molecule has 1 heterocycles. The van der Waals surface area contributed by atoms with Crippen molar-refractivity contribution in [1.82, 2.24) is 0 Å². The van der Waals surface area contributed by atoms with E-state index in [1.807, 2.05) is 0 Å². The van der Waals surface area contributed by atoms with E-state index in [-0.39, 0.29) is 12.1 Å². The Hall–Kier alpha value is -3.20. The van der Waals surface area contributed by atoms with Crippen molar-refractivity contribution in [2.24, 2.45) is 0 Å². The first kappa shape index (κ1) is 22.1. The Morgan fingerprint density at radius 2 is 1.59 bits per heavy atom. The minimum absolute atomic E-state index is 0.104. The maximum Gasteiger partial charge on any atom is 0.573 e. The zero-order valence-corrected chi connectivity index (χ0v) is 16.0. The second-order valence-electron chi connectivity index (χ2n) is 5.82. The summed E-state index contributed by atoms with van der Waals surface area (Å²) in [7, 11) is 4.03. The molecule has 0 aliphatic carbocycles. The van der Waals surface area contributed by atoms with Gasteiger partial charge < -0.3 is 24.2 Å². The van der Waals surface area contributed by atoms with Gasteiger partial charge in [-0.3, -0.25) is 4.79 Å². The number of carbonyl (C=O) groups excluding carboxylic acids is 1. The average Bonchev–Trinajstić information content (AvgIpc) is 2.92. The van der Waals surface area contributed by atoms with E-state index in [2.05, 4.69) is 11.3 Å². The third-order valence-electron chi connectivity index (χ3n) is 4.07. The van der Waals surface area contributed by atoms with E-state index in [1.165, 1.54) is 25.2 Å². The number of rotatable bonds is 5. The van der Waals surface area contributed by atoms with Crippen molar-refractivity contribution in [3.8, 4) is 17.2 Å². The normalized spacial score (nSPS) is 12.9. The molecule has 1 aliphatic heterocycles. The van der Waals surface area contributed by atoms with Gasteiger partial charge in [-0.15, -0.1) is 13.2 Å². The van der Waals surface area contributed by atoms with Crippen LogP contribution in [0.2, 0.25) is 0 Å². The molecule has 0 aromatic heterocycles. The van der Waals surface area contributed by atoms with Crippen molar-refractivity contribution in [2.45, 2.75) is 12.9 Å². The molecule has 3 rings (SSSR count). The summed E-state index contributed by atoms with van der Waals surface area (Å²) in [6.45, 7) is 3.87. The highest BCUT2D eigenvalue weighted by atomic mass is 19.4. The van der Waals surface area contributed by atoms with Gasteiger partial charge in [-0.2, -0.15) is 0 Å². The van der Waals surface area contributed by atoms with E-state index in [1.54, 1.807) is 18.2 Å². The zero-order chi connectivity index (χ0) is 21.8. The quantitative estimate of drug-likeness (QED) is 0.759. The minimum Gasteiger partial charge on any atom is -0.497 e. The van der Waals surface area contributed by atoms with Crippen molar-refractivity contribution in [2.75, 3.05) is 26.2 Å². The van der Waals surface area contributed by atoms with Gasteiger partial charge in [0.25, 0.3) is 5.91 Å². The maximum atomic E-state index is 12.6. The number of alkyl halides is 3. The summed E-state index contributed by atoms with van der Waals surface area (Å²) in [5, 5.41) is 7.00. The molecule has 29 heavy (non-hydrogen) atoms. The molecule has 1 amide bonds. The molecule has 6 nitrogen and oxygen atoms in total. The number of amides is 1. The number of aliphatic hydroxyl groups is 1. The molecule has 0 atom stereocenters. The van der Waals surface area contributed by atoms with Crippen LogP contribution in [0.25, 0.3) is 5.57 Å². The molecular weight excluding hydrogens is 391 g/mol. The number of halogens is 3. The number of hydrogen-bond acceptors (Lipinski definition) is 5. The van der Waals surface area contributed by atoms with Crippen LogP contribution >= 0.6 is 0 Å². The topological polar surface area (TPSA) is 68.2 Å². The van der Waals surface area contributed by atoms with Gasteiger partial charge in [-0.25, -0.2) is 0 Å². The van der Waals surface area contributed by atoms with Gasteiger partial charge in [-0.1, -0.05) is 6.58 Å². The smallest absolute Gasteiger partial charge is 0.497 e.